The van der Waals surface area contributed by atoms with Gasteiger partial charge >= 0.3 is 0 Å². The van der Waals surface area contributed by atoms with E-state index in [-0.39, 0.29) is 22.2 Å². The quantitative estimate of drug-likeness (QED) is 0.580. The largest absolute Gasteiger partial charge is 0.508 e. The van der Waals surface area contributed by atoms with Gasteiger partial charge in [0.25, 0.3) is 0 Å². The van der Waals surface area contributed by atoms with E-state index in [1.54, 1.807) is 0 Å². The molecule has 0 heterocycles. The number of hydrogen-bond acceptors (Lipinski definition) is 2. The number of aromatic hydroxyl groups is 2. The Morgan fingerprint density at radius 1 is 0.750 bits per heavy atom. The Hall–Kier alpha value is -1.18. The maximum Gasteiger partial charge on any atom is 0.126 e. The second kappa shape index (κ2) is 5.29. The summed E-state index contributed by atoms with van der Waals surface area (Å²) in [6.07, 6.45) is 7.34. The number of phenolic OH excluding ortho intramolecular Hbond substituents is 2. The number of phenols is 2. The van der Waals surface area contributed by atoms with E-state index in [9.17, 15) is 10.2 Å². The first-order chi connectivity index (χ1) is 12.9. The van der Waals surface area contributed by atoms with Crippen molar-refractivity contribution in [1.29, 1.82) is 0 Å². The number of fused-ring (bicyclic) bond motifs is 4. The minimum absolute atomic E-state index is 0.156. The van der Waals surface area contributed by atoms with Gasteiger partial charge in [-0.05, 0) is 95.5 Å². The molecule has 0 aromatic heterocycles. The summed E-state index contributed by atoms with van der Waals surface area (Å²) in [5.74, 6) is 2.84. The molecule has 2 N–H and O–H groups in total. The molecule has 4 fully saturated rings. The maximum absolute atomic E-state index is 11.6. The highest BCUT2D eigenvalue weighted by Crippen LogP contribution is 2.74. The molecule has 4 bridgehead atoms. The van der Waals surface area contributed by atoms with Gasteiger partial charge in [0.1, 0.15) is 11.5 Å². The zero-order chi connectivity index (χ0) is 20.3. The van der Waals surface area contributed by atoms with Crippen molar-refractivity contribution in [2.45, 2.75) is 91.9 Å². The van der Waals surface area contributed by atoms with Gasteiger partial charge in [0.2, 0.25) is 0 Å². The van der Waals surface area contributed by atoms with Crippen LogP contribution in [0.5, 0.6) is 11.5 Å². The van der Waals surface area contributed by atoms with Crippen molar-refractivity contribution in [3.8, 4) is 11.5 Å². The highest BCUT2D eigenvalue weighted by atomic mass is 16.3. The fourth-order valence-electron chi connectivity index (χ4n) is 8.55. The SMILES string of the molecule is CC1(C)C2CCC1(C)C(c1ccc(O)c(C3CC4CCC3(C)C4(C)C)c1O)C2. The van der Waals surface area contributed by atoms with Gasteiger partial charge in [-0.15, -0.1) is 0 Å². The van der Waals surface area contributed by atoms with Crippen molar-refractivity contribution in [1.82, 2.24) is 0 Å². The maximum atomic E-state index is 11.6. The Kier molecular flexibility index (Phi) is 3.56. The van der Waals surface area contributed by atoms with E-state index in [1.165, 1.54) is 32.1 Å². The molecule has 0 radical (unpaired) electrons. The lowest BCUT2D eigenvalue weighted by Crippen LogP contribution is -2.32. The van der Waals surface area contributed by atoms with Crippen LogP contribution in [0.1, 0.15) is 103 Å². The first-order valence-electron chi connectivity index (χ1n) is 11.5. The van der Waals surface area contributed by atoms with E-state index in [0.29, 0.717) is 28.7 Å². The number of benzene rings is 1. The first-order valence-corrected chi connectivity index (χ1v) is 11.5. The van der Waals surface area contributed by atoms with Crippen molar-refractivity contribution < 1.29 is 10.2 Å². The van der Waals surface area contributed by atoms with Gasteiger partial charge in [-0.3, -0.25) is 0 Å². The molecule has 0 aliphatic heterocycles. The Morgan fingerprint density at radius 2 is 1.25 bits per heavy atom. The summed E-state index contributed by atoms with van der Waals surface area (Å²) in [7, 11) is 0. The third-order valence-electron chi connectivity index (χ3n) is 11.5. The molecular weight excluding hydrogens is 344 g/mol. The molecule has 1 aromatic rings. The fourth-order valence-corrected chi connectivity index (χ4v) is 8.55. The molecule has 4 saturated carbocycles. The molecule has 2 heteroatoms. The van der Waals surface area contributed by atoms with E-state index in [0.717, 1.165) is 23.5 Å². The van der Waals surface area contributed by atoms with E-state index in [1.807, 2.05) is 12.1 Å². The lowest BCUT2D eigenvalue weighted by Gasteiger charge is -2.41. The third kappa shape index (κ3) is 1.91. The van der Waals surface area contributed by atoms with Gasteiger partial charge in [0.05, 0.1) is 0 Å². The van der Waals surface area contributed by atoms with Crippen LogP contribution in [-0.2, 0) is 0 Å². The van der Waals surface area contributed by atoms with Crippen LogP contribution >= 0.6 is 0 Å². The topological polar surface area (TPSA) is 40.5 Å². The summed E-state index contributed by atoms with van der Waals surface area (Å²) in [5.41, 5.74) is 2.95. The Labute approximate surface area is 170 Å². The second-order valence-electron chi connectivity index (χ2n) is 12.3. The predicted octanol–water partition coefficient (Wildman–Crippen LogP) is 6.96. The zero-order valence-corrected chi connectivity index (χ0v) is 18.6. The highest BCUT2D eigenvalue weighted by molar-refractivity contribution is 5.54. The van der Waals surface area contributed by atoms with Crippen LogP contribution in [0.2, 0.25) is 0 Å². The molecular formula is C26H38O2. The smallest absolute Gasteiger partial charge is 0.126 e. The van der Waals surface area contributed by atoms with E-state index >= 15 is 0 Å². The van der Waals surface area contributed by atoms with Crippen molar-refractivity contribution in [2.24, 2.45) is 33.5 Å². The lowest BCUT2D eigenvalue weighted by atomic mass is 9.63. The minimum atomic E-state index is 0.156. The molecule has 2 nitrogen and oxygen atoms in total. The summed E-state index contributed by atoms with van der Waals surface area (Å²) >= 11 is 0. The molecule has 154 valence electrons. The lowest BCUT2D eigenvalue weighted by molar-refractivity contribution is 0.129. The van der Waals surface area contributed by atoms with Crippen molar-refractivity contribution in [3.05, 3.63) is 23.3 Å². The van der Waals surface area contributed by atoms with Gasteiger partial charge in [-0.2, -0.15) is 0 Å². The average molecular weight is 383 g/mol. The molecule has 0 amide bonds. The van der Waals surface area contributed by atoms with Crippen LogP contribution in [0.25, 0.3) is 0 Å². The van der Waals surface area contributed by atoms with Gasteiger partial charge in [0, 0.05) is 5.56 Å². The van der Waals surface area contributed by atoms with Gasteiger partial charge < -0.3 is 10.2 Å². The van der Waals surface area contributed by atoms with Crippen LogP contribution in [0.4, 0.5) is 0 Å². The molecule has 6 unspecified atom stereocenters. The van der Waals surface area contributed by atoms with Crippen LogP contribution in [-0.4, -0.2) is 10.2 Å². The van der Waals surface area contributed by atoms with Gasteiger partial charge in [-0.1, -0.05) is 47.6 Å². The molecule has 0 saturated heterocycles. The first kappa shape index (κ1) is 18.8. The van der Waals surface area contributed by atoms with Gasteiger partial charge in [-0.25, -0.2) is 0 Å². The summed E-state index contributed by atoms with van der Waals surface area (Å²) in [5, 5.41) is 22.4. The third-order valence-corrected chi connectivity index (χ3v) is 11.5. The van der Waals surface area contributed by atoms with Crippen LogP contribution in [0.3, 0.4) is 0 Å². The van der Waals surface area contributed by atoms with Crippen LogP contribution < -0.4 is 0 Å². The highest BCUT2D eigenvalue weighted by Gasteiger charge is 2.64. The Bertz CT molecular complexity index is 837. The minimum Gasteiger partial charge on any atom is -0.508 e. The van der Waals surface area contributed by atoms with E-state index in [2.05, 4.69) is 41.5 Å². The van der Waals surface area contributed by atoms with E-state index in [4.69, 9.17) is 0 Å². The van der Waals surface area contributed by atoms with Crippen molar-refractivity contribution >= 4 is 0 Å². The standard InChI is InChI=1S/C26H38O2/c1-23(2)15-9-11-25(23,5)18(13-15)17-7-8-20(27)21(22(17)28)19-14-16-10-12-26(19,6)24(16,3)4/h7-8,15-16,18-19,27-28H,9-14H2,1-6H3. The van der Waals surface area contributed by atoms with E-state index < -0.39 is 0 Å². The number of rotatable bonds is 2. The normalized spacial score (nSPS) is 45.1. The van der Waals surface area contributed by atoms with Crippen LogP contribution in [0.15, 0.2) is 12.1 Å². The predicted molar refractivity (Wildman–Crippen MR) is 114 cm³/mol. The van der Waals surface area contributed by atoms with Crippen molar-refractivity contribution in [2.75, 3.05) is 0 Å². The molecule has 28 heavy (non-hydrogen) atoms. The van der Waals surface area contributed by atoms with Gasteiger partial charge in [0.15, 0.2) is 0 Å². The number of hydrogen-bond donors (Lipinski definition) is 2. The summed E-state index contributed by atoms with van der Waals surface area (Å²) in [6.45, 7) is 14.5. The Balaban J connectivity index is 1.60. The molecule has 1 aromatic carbocycles. The molecule has 4 aliphatic carbocycles. The summed E-state index contributed by atoms with van der Waals surface area (Å²) in [4.78, 5) is 0. The zero-order valence-electron chi connectivity index (χ0n) is 18.6. The second-order valence-corrected chi connectivity index (χ2v) is 12.3. The molecule has 5 rings (SSSR count). The molecule has 6 atom stereocenters. The molecule has 0 spiro atoms. The van der Waals surface area contributed by atoms with Crippen molar-refractivity contribution in [3.63, 3.8) is 0 Å². The molecule has 4 aliphatic rings. The monoisotopic (exact) mass is 382 g/mol. The summed E-state index contributed by atoms with van der Waals surface area (Å²) in [6, 6.07) is 3.91. The Morgan fingerprint density at radius 3 is 1.68 bits per heavy atom. The average Bonchev–Trinajstić information content (AvgIpc) is 3.13. The van der Waals surface area contributed by atoms with Crippen LogP contribution in [0, 0.1) is 33.5 Å². The fraction of sp³-hybridized carbons (Fsp3) is 0.769. The summed E-state index contributed by atoms with van der Waals surface area (Å²) < 4.78 is 0.